The summed E-state index contributed by atoms with van der Waals surface area (Å²) in [6.45, 7) is 3.76. The Bertz CT molecular complexity index is 370. The Morgan fingerprint density at radius 3 is 3.00 bits per heavy atom. The fourth-order valence-corrected chi connectivity index (χ4v) is 1.91. The highest BCUT2D eigenvalue weighted by Crippen LogP contribution is 2.21. The Morgan fingerprint density at radius 2 is 2.38 bits per heavy atom. The number of nitrogens with zero attached hydrogens (tertiary/aromatic N) is 3. The maximum atomic E-state index is 5.32. The van der Waals surface area contributed by atoms with E-state index in [0.29, 0.717) is 12.1 Å². The third-order valence-corrected chi connectivity index (χ3v) is 2.77. The van der Waals surface area contributed by atoms with Crippen molar-refractivity contribution in [3.05, 3.63) is 11.8 Å². The van der Waals surface area contributed by atoms with Gasteiger partial charge in [-0.15, -0.1) is 0 Å². The van der Waals surface area contributed by atoms with Gasteiger partial charge >= 0.3 is 0 Å². The van der Waals surface area contributed by atoms with Crippen LogP contribution in [0, 0.1) is 6.92 Å². The molecular formula is C10H17N5O. The molecule has 1 saturated heterocycles. The minimum atomic E-state index is 0.296. The summed E-state index contributed by atoms with van der Waals surface area (Å²) in [5.41, 5.74) is 3.38. The van der Waals surface area contributed by atoms with Crippen LogP contribution in [0.15, 0.2) is 6.07 Å². The normalized spacial score (nSPS) is 20.2. The molecule has 6 nitrogen and oxygen atoms in total. The second kappa shape index (κ2) is 4.63. The summed E-state index contributed by atoms with van der Waals surface area (Å²) in [5, 5.41) is 0. The van der Waals surface area contributed by atoms with Crippen molar-refractivity contribution in [1.29, 1.82) is 0 Å². The van der Waals surface area contributed by atoms with Gasteiger partial charge < -0.3 is 9.64 Å². The van der Waals surface area contributed by atoms with Crippen molar-refractivity contribution in [3.8, 4) is 0 Å². The van der Waals surface area contributed by atoms with Crippen LogP contribution in [0.1, 0.15) is 12.1 Å². The van der Waals surface area contributed by atoms with E-state index in [1.54, 1.807) is 7.11 Å². The average molecular weight is 223 g/mol. The van der Waals surface area contributed by atoms with Crippen LogP contribution >= 0.6 is 0 Å². The van der Waals surface area contributed by atoms with Crippen molar-refractivity contribution >= 4 is 11.8 Å². The van der Waals surface area contributed by atoms with Crippen LogP contribution in [0.25, 0.3) is 0 Å². The van der Waals surface area contributed by atoms with Gasteiger partial charge in [0.1, 0.15) is 5.82 Å². The van der Waals surface area contributed by atoms with Gasteiger partial charge in [-0.2, -0.15) is 4.98 Å². The zero-order valence-corrected chi connectivity index (χ0v) is 9.60. The summed E-state index contributed by atoms with van der Waals surface area (Å²) >= 11 is 0. The fourth-order valence-electron chi connectivity index (χ4n) is 1.91. The molecule has 2 heterocycles. The molecule has 1 fully saturated rings. The van der Waals surface area contributed by atoms with Gasteiger partial charge in [0.25, 0.3) is 0 Å². The van der Waals surface area contributed by atoms with Crippen molar-refractivity contribution in [1.82, 2.24) is 9.97 Å². The van der Waals surface area contributed by atoms with E-state index in [9.17, 15) is 0 Å². The molecule has 0 bridgehead atoms. The minimum absolute atomic E-state index is 0.296. The third kappa shape index (κ3) is 2.23. The predicted octanol–water partition coefficient (Wildman–Crippen LogP) is 0.296. The molecule has 1 atom stereocenters. The van der Waals surface area contributed by atoms with Gasteiger partial charge in [-0.25, -0.2) is 10.8 Å². The highest BCUT2D eigenvalue weighted by Gasteiger charge is 2.23. The molecule has 6 heteroatoms. The maximum absolute atomic E-state index is 5.32. The summed E-state index contributed by atoms with van der Waals surface area (Å²) in [4.78, 5) is 10.7. The van der Waals surface area contributed by atoms with E-state index in [1.807, 2.05) is 13.0 Å². The summed E-state index contributed by atoms with van der Waals surface area (Å²) < 4.78 is 5.32. The first kappa shape index (κ1) is 11.1. The first-order valence-electron chi connectivity index (χ1n) is 5.33. The monoisotopic (exact) mass is 223 g/mol. The van der Waals surface area contributed by atoms with Crippen molar-refractivity contribution in [2.24, 2.45) is 5.84 Å². The third-order valence-electron chi connectivity index (χ3n) is 2.77. The van der Waals surface area contributed by atoms with Gasteiger partial charge in [0.05, 0.1) is 6.10 Å². The number of aryl methyl sites for hydroxylation is 1. The number of nitrogens with two attached hydrogens (primary N) is 1. The lowest BCUT2D eigenvalue weighted by Crippen LogP contribution is -2.24. The lowest BCUT2D eigenvalue weighted by Gasteiger charge is -2.18. The molecule has 88 valence electrons. The Morgan fingerprint density at radius 1 is 1.56 bits per heavy atom. The standard InChI is InChI=1S/C10H17N5O/c1-7-5-9(13-10(12-7)14-11)15-4-3-8(6-15)16-2/h5,8H,3-4,6,11H2,1-2H3,(H,12,13,14). The molecule has 0 aliphatic carbocycles. The lowest BCUT2D eigenvalue weighted by atomic mass is 10.3. The van der Waals surface area contributed by atoms with E-state index < -0.39 is 0 Å². The van der Waals surface area contributed by atoms with E-state index in [-0.39, 0.29) is 0 Å². The molecule has 1 aliphatic rings. The molecule has 1 aliphatic heterocycles. The number of ether oxygens (including phenoxy) is 1. The van der Waals surface area contributed by atoms with Crippen LogP contribution < -0.4 is 16.2 Å². The van der Waals surface area contributed by atoms with Gasteiger partial charge in [0.2, 0.25) is 5.95 Å². The number of anilines is 2. The van der Waals surface area contributed by atoms with Gasteiger partial charge in [-0.1, -0.05) is 0 Å². The maximum Gasteiger partial charge on any atom is 0.239 e. The molecular weight excluding hydrogens is 206 g/mol. The van der Waals surface area contributed by atoms with E-state index in [2.05, 4.69) is 20.3 Å². The van der Waals surface area contributed by atoms with Crippen LogP contribution in [-0.2, 0) is 4.74 Å². The molecule has 0 saturated carbocycles. The van der Waals surface area contributed by atoms with Crippen molar-refractivity contribution in [2.75, 3.05) is 30.5 Å². The van der Waals surface area contributed by atoms with Crippen LogP contribution in [0.4, 0.5) is 11.8 Å². The molecule has 2 rings (SSSR count). The number of hydrogen-bond acceptors (Lipinski definition) is 6. The number of hydrazine groups is 1. The average Bonchev–Trinajstić information content (AvgIpc) is 2.76. The summed E-state index contributed by atoms with van der Waals surface area (Å²) in [7, 11) is 1.74. The summed E-state index contributed by atoms with van der Waals surface area (Å²) in [6, 6.07) is 1.96. The van der Waals surface area contributed by atoms with Crippen LogP contribution in [0.5, 0.6) is 0 Å². The molecule has 1 aromatic heterocycles. The molecule has 1 unspecified atom stereocenters. The summed E-state index contributed by atoms with van der Waals surface area (Å²) in [5.74, 6) is 6.68. The number of methoxy groups -OCH3 is 1. The second-order valence-corrected chi connectivity index (χ2v) is 3.93. The molecule has 0 aromatic carbocycles. The Labute approximate surface area is 94.8 Å². The lowest BCUT2D eigenvalue weighted by molar-refractivity contribution is 0.121. The molecule has 0 amide bonds. The number of nitrogen functional groups attached to an aromatic ring is 1. The second-order valence-electron chi connectivity index (χ2n) is 3.93. The number of aromatic nitrogens is 2. The van der Waals surface area contributed by atoms with Crippen molar-refractivity contribution in [3.63, 3.8) is 0 Å². The first-order chi connectivity index (χ1) is 7.72. The molecule has 3 N–H and O–H groups in total. The van der Waals surface area contributed by atoms with Crippen LogP contribution in [0.2, 0.25) is 0 Å². The van der Waals surface area contributed by atoms with E-state index in [1.165, 1.54) is 0 Å². The minimum Gasteiger partial charge on any atom is -0.380 e. The molecule has 16 heavy (non-hydrogen) atoms. The fraction of sp³-hybridized carbons (Fsp3) is 0.600. The zero-order valence-electron chi connectivity index (χ0n) is 9.60. The quantitative estimate of drug-likeness (QED) is 0.567. The summed E-state index contributed by atoms with van der Waals surface area (Å²) in [6.07, 6.45) is 1.33. The first-order valence-corrected chi connectivity index (χ1v) is 5.33. The van der Waals surface area contributed by atoms with Gasteiger partial charge in [-0.05, 0) is 13.3 Å². The van der Waals surface area contributed by atoms with Crippen molar-refractivity contribution in [2.45, 2.75) is 19.4 Å². The molecule has 1 aromatic rings. The highest BCUT2D eigenvalue weighted by molar-refractivity contribution is 5.45. The zero-order chi connectivity index (χ0) is 11.5. The van der Waals surface area contributed by atoms with Crippen molar-refractivity contribution < 1.29 is 4.74 Å². The van der Waals surface area contributed by atoms with E-state index in [0.717, 1.165) is 31.0 Å². The Balaban J connectivity index is 2.17. The molecule has 0 radical (unpaired) electrons. The predicted molar refractivity (Wildman–Crippen MR) is 62.2 cm³/mol. The largest absolute Gasteiger partial charge is 0.380 e. The topological polar surface area (TPSA) is 76.3 Å². The Hall–Kier alpha value is -1.40. The number of rotatable bonds is 3. The van der Waals surface area contributed by atoms with Crippen LogP contribution in [0.3, 0.4) is 0 Å². The number of hydrogen-bond donors (Lipinski definition) is 2. The van der Waals surface area contributed by atoms with Gasteiger partial charge in [-0.3, -0.25) is 5.43 Å². The number of nitrogens with one attached hydrogen (secondary N) is 1. The SMILES string of the molecule is COC1CCN(c2cc(C)nc(NN)n2)C1. The highest BCUT2D eigenvalue weighted by atomic mass is 16.5. The van der Waals surface area contributed by atoms with Gasteiger partial charge in [0, 0.05) is 32.0 Å². The molecule has 0 spiro atoms. The van der Waals surface area contributed by atoms with Gasteiger partial charge in [0.15, 0.2) is 0 Å². The smallest absolute Gasteiger partial charge is 0.239 e. The van der Waals surface area contributed by atoms with E-state index in [4.69, 9.17) is 10.6 Å². The van der Waals surface area contributed by atoms with E-state index >= 15 is 0 Å². The van der Waals surface area contributed by atoms with Crippen LogP contribution in [-0.4, -0.2) is 36.3 Å². The Kier molecular flexibility index (Phi) is 3.21.